The normalized spacial score (nSPS) is 11.4. The van der Waals surface area contributed by atoms with E-state index in [1.54, 1.807) is 0 Å². The first-order valence-corrected chi connectivity index (χ1v) is 10.8. The number of hydrogen-bond donors (Lipinski definition) is 1. The average Bonchev–Trinajstić information content (AvgIpc) is 2.73. The zero-order valence-electron chi connectivity index (χ0n) is 15.9. The summed E-state index contributed by atoms with van der Waals surface area (Å²) in [6, 6.07) is 22.9. The molecule has 0 fully saturated rings. The molecule has 3 aromatic carbocycles. The number of benzene rings is 3. The van der Waals surface area contributed by atoms with Gasteiger partial charge in [-0.1, -0.05) is 72.3 Å². The lowest BCUT2D eigenvalue weighted by Gasteiger charge is -2.18. The van der Waals surface area contributed by atoms with E-state index in [4.69, 9.17) is 11.6 Å². The zero-order chi connectivity index (χ0) is 20.9. The van der Waals surface area contributed by atoms with E-state index in [0.29, 0.717) is 6.54 Å². The van der Waals surface area contributed by atoms with Crippen LogP contribution in [0.4, 0.5) is 0 Å². The van der Waals surface area contributed by atoms with E-state index in [2.05, 4.69) is 5.32 Å². The second kappa shape index (κ2) is 9.22. The summed E-state index contributed by atoms with van der Waals surface area (Å²) in [5.74, 6) is -0.429. The van der Waals surface area contributed by atoms with Crippen molar-refractivity contribution in [1.82, 2.24) is 9.62 Å². The van der Waals surface area contributed by atoms with E-state index in [0.717, 1.165) is 11.1 Å². The first-order chi connectivity index (χ1) is 13.9. The number of nitrogens with zero attached hydrogens (tertiary/aromatic N) is 1. The SMILES string of the molecule is CN(Cc1ccccc1)S(=O)(=O)c1ccc(Cl)c(C(=O)NCc2ccccc2)c1. The highest BCUT2D eigenvalue weighted by atomic mass is 35.5. The number of nitrogens with one attached hydrogen (secondary N) is 1. The second-order valence-corrected chi connectivity index (χ2v) is 9.01. The minimum absolute atomic E-state index is 0.0187. The third kappa shape index (κ3) is 5.23. The van der Waals surface area contributed by atoms with Gasteiger partial charge in [0.1, 0.15) is 0 Å². The van der Waals surface area contributed by atoms with Crippen LogP contribution in [0.25, 0.3) is 0 Å². The molecule has 0 aliphatic rings. The lowest BCUT2D eigenvalue weighted by molar-refractivity contribution is 0.0951. The van der Waals surface area contributed by atoms with Crippen LogP contribution in [0.1, 0.15) is 21.5 Å². The topological polar surface area (TPSA) is 66.5 Å². The van der Waals surface area contributed by atoms with Crippen molar-refractivity contribution in [3.05, 3.63) is 101 Å². The fourth-order valence-corrected chi connectivity index (χ4v) is 4.21. The Bertz CT molecular complexity index is 1090. The van der Waals surface area contributed by atoms with Gasteiger partial charge in [0.15, 0.2) is 0 Å². The average molecular weight is 429 g/mol. The van der Waals surface area contributed by atoms with E-state index in [1.807, 2.05) is 60.7 Å². The smallest absolute Gasteiger partial charge is 0.253 e. The minimum Gasteiger partial charge on any atom is -0.348 e. The van der Waals surface area contributed by atoms with E-state index < -0.39 is 15.9 Å². The maximum atomic E-state index is 13.0. The van der Waals surface area contributed by atoms with Gasteiger partial charge in [-0.3, -0.25) is 4.79 Å². The molecular weight excluding hydrogens is 408 g/mol. The Hall–Kier alpha value is -2.67. The van der Waals surface area contributed by atoms with Crippen LogP contribution in [0.15, 0.2) is 83.8 Å². The summed E-state index contributed by atoms with van der Waals surface area (Å²) in [5.41, 5.74) is 1.92. The van der Waals surface area contributed by atoms with Crippen LogP contribution >= 0.6 is 11.6 Å². The van der Waals surface area contributed by atoms with Crippen LogP contribution in [0.3, 0.4) is 0 Å². The third-order valence-electron chi connectivity index (χ3n) is 4.43. The van der Waals surface area contributed by atoms with Crippen LogP contribution in [0, 0.1) is 0 Å². The van der Waals surface area contributed by atoms with Gasteiger partial charge in [0.05, 0.1) is 15.5 Å². The Morgan fingerprint density at radius 3 is 2.14 bits per heavy atom. The molecule has 0 spiro atoms. The molecule has 0 aromatic heterocycles. The number of sulfonamides is 1. The zero-order valence-corrected chi connectivity index (χ0v) is 17.5. The molecule has 150 valence electrons. The summed E-state index contributed by atoms with van der Waals surface area (Å²) in [4.78, 5) is 12.6. The Labute approximate surface area is 176 Å². The van der Waals surface area contributed by atoms with Crippen molar-refractivity contribution in [1.29, 1.82) is 0 Å². The Morgan fingerprint density at radius 2 is 1.52 bits per heavy atom. The van der Waals surface area contributed by atoms with Crippen LogP contribution in [-0.4, -0.2) is 25.7 Å². The van der Waals surface area contributed by atoms with Crippen molar-refractivity contribution in [2.24, 2.45) is 0 Å². The molecular formula is C22H21ClN2O3S. The molecule has 1 N–H and O–H groups in total. The summed E-state index contributed by atoms with van der Waals surface area (Å²) in [6.45, 7) is 0.544. The molecule has 0 unspecified atom stereocenters. The number of hydrogen-bond acceptors (Lipinski definition) is 3. The van der Waals surface area contributed by atoms with E-state index in [-0.39, 0.29) is 22.0 Å². The second-order valence-electron chi connectivity index (χ2n) is 6.56. The van der Waals surface area contributed by atoms with Crippen LogP contribution < -0.4 is 5.32 Å². The van der Waals surface area contributed by atoms with Crippen molar-refractivity contribution < 1.29 is 13.2 Å². The van der Waals surface area contributed by atoms with Gasteiger partial charge < -0.3 is 5.32 Å². The molecule has 7 heteroatoms. The highest BCUT2D eigenvalue weighted by Gasteiger charge is 2.23. The fraction of sp³-hybridized carbons (Fsp3) is 0.136. The number of amides is 1. The van der Waals surface area contributed by atoms with Crippen LogP contribution in [0.5, 0.6) is 0 Å². The van der Waals surface area contributed by atoms with Crippen LogP contribution in [0.2, 0.25) is 5.02 Å². The summed E-state index contributed by atoms with van der Waals surface area (Å²) in [5, 5.41) is 2.97. The van der Waals surface area contributed by atoms with Gasteiger partial charge in [0.25, 0.3) is 5.91 Å². The molecule has 0 aliphatic carbocycles. The van der Waals surface area contributed by atoms with Crippen molar-refractivity contribution in [3.8, 4) is 0 Å². The molecule has 3 rings (SSSR count). The van der Waals surface area contributed by atoms with E-state index in [9.17, 15) is 13.2 Å². The Morgan fingerprint density at radius 1 is 0.931 bits per heavy atom. The molecule has 0 bridgehead atoms. The van der Waals surface area contributed by atoms with Gasteiger partial charge >= 0.3 is 0 Å². The number of carbonyl (C=O) groups is 1. The molecule has 1 amide bonds. The van der Waals surface area contributed by atoms with Crippen molar-refractivity contribution in [3.63, 3.8) is 0 Å². The Kier molecular flexibility index (Phi) is 6.69. The van der Waals surface area contributed by atoms with Gasteiger partial charge in [0, 0.05) is 20.1 Å². The third-order valence-corrected chi connectivity index (χ3v) is 6.56. The van der Waals surface area contributed by atoms with Crippen molar-refractivity contribution in [2.45, 2.75) is 18.0 Å². The van der Waals surface area contributed by atoms with Gasteiger partial charge in [-0.25, -0.2) is 8.42 Å². The number of carbonyl (C=O) groups excluding carboxylic acids is 1. The lowest BCUT2D eigenvalue weighted by Crippen LogP contribution is -2.27. The first-order valence-electron chi connectivity index (χ1n) is 9.00. The largest absolute Gasteiger partial charge is 0.348 e. The Balaban J connectivity index is 1.79. The summed E-state index contributed by atoms with van der Waals surface area (Å²) >= 11 is 6.16. The van der Waals surface area contributed by atoms with Gasteiger partial charge in [-0.2, -0.15) is 4.31 Å². The van der Waals surface area contributed by atoms with E-state index in [1.165, 1.54) is 29.6 Å². The van der Waals surface area contributed by atoms with E-state index >= 15 is 0 Å². The van der Waals surface area contributed by atoms with Gasteiger partial charge in [-0.15, -0.1) is 0 Å². The molecule has 0 aliphatic heterocycles. The number of rotatable bonds is 7. The summed E-state index contributed by atoms with van der Waals surface area (Å²) in [7, 11) is -2.28. The number of halogens is 1. The van der Waals surface area contributed by atoms with Crippen LogP contribution in [-0.2, 0) is 23.1 Å². The van der Waals surface area contributed by atoms with Crippen molar-refractivity contribution >= 4 is 27.5 Å². The quantitative estimate of drug-likeness (QED) is 0.616. The highest BCUT2D eigenvalue weighted by molar-refractivity contribution is 7.89. The molecule has 0 saturated heterocycles. The van der Waals surface area contributed by atoms with Crippen molar-refractivity contribution in [2.75, 3.05) is 7.05 Å². The molecule has 0 atom stereocenters. The molecule has 29 heavy (non-hydrogen) atoms. The molecule has 0 saturated carbocycles. The molecule has 5 nitrogen and oxygen atoms in total. The summed E-state index contributed by atoms with van der Waals surface area (Å²) in [6.07, 6.45) is 0. The van der Waals surface area contributed by atoms with Gasteiger partial charge in [0.2, 0.25) is 10.0 Å². The lowest BCUT2D eigenvalue weighted by atomic mass is 10.2. The standard InChI is InChI=1S/C22H21ClN2O3S/c1-25(16-18-10-6-3-7-11-18)29(27,28)19-12-13-21(23)20(14-19)22(26)24-15-17-8-4-2-5-9-17/h2-14H,15-16H2,1H3,(H,24,26). The summed E-state index contributed by atoms with van der Waals surface area (Å²) < 4.78 is 27.2. The maximum absolute atomic E-state index is 13.0. The highest BCUT2D eigenvalue weighted by Crippen LogP contribution is 2.23. The maximum Gasteiger partial charge on any atom is 0.253 e. The van der Waals surface area contributed by atoms with Gasteiger partial charge in [-0.05, 0) is 29.3 Å². The monoisotopic (exact) mass is 428 g/mol. The predicted molar refractivity (Wildman–Crippen MR) is 114 cm³/mol. The first kappa shape index (κ1) is 21.0. The molecule has 0 radical (unpaired) electrons. The molecule has 3 aromatic rings. The fourth-order valence-electron chi connectivity index (χ4n) is 2.82. The molecule has 0 heterocycles. The minimum atomic E-state index is -3.78. The predicted octanol–water partition coefficient (Wildman–Crippen LogP) is 4.09.